The molecule has 2 aromatic rings. The second kappa shape index (κ2) is 10.3. The van der Waals surface area contributed by atoms with Crippen molar-refractivity contribution in [2.24, 2.45) is 0 Å². The monoisotopic (exact) mass is 436 g/mol. The lowest BCUT2D eigenvalue weighted by atomic mass is 10.2. The molecule has 0 saturated heterocycles. The number of nitrogens with zero attached hydrogens (tertiary/aromatic N) is 1. The van der Waals surface area contributed by atoms with Gasteiger partial charge < -0.3 is 14.8 Å². The van der Waals surface area contributed by atoms with Crippen LogP contribution in [0.5, 0.6) is 0 Å². The highest BCUT2D eigenvalue weighted by Crippen LogP contribution is 2.13. The molecule has 27 heavy (non-hydrogen) atoms. The third kappa shape index (κ3) is 6.70. The van der Waals surface area contributed by atoms with Gasteiger partial charge in [-0.1, -0.05) is 46.3 Å². The molecule has 0 radical (unpaired) electrons. The summed E-state index contributed by atoms with van der Waals surface area (Å²) >= 11 is 3.15. The van der Waals surface area contributed by atoms with Gasteiger partial charge >= 0.3 is 12.1 Å². The van der Waals surface area contributed by atoms with E-state index >= 15 is 0 Å². The lowest BCUT2D eigenvalue weighted by molar-refractivity contribution is -0.384. The zero-order chi connectivity index (χ0) is 19.6. The predicted octanol–water partition coefficient (Wildman–Crippen LogP) is 3.33. The lowest BCUT2D eigenvalue weighted by Crippen LogP contribution is -2.43. The van der Waals surface area contributed by atoms with E-state index in [9.17, 15) is 19.7 Å². The van der Waals surface area contributed by atoms with Crippen LogP contribution in [0.25, 0.3) is 0 Å². The molecule has 0 heterocycles. The minimum absolute atomic E-state index is 0.0498. The zero-order valence-corrected chi connectivity index (χ0v) is 15.8. The van der Waals surface area contributed by atoms with E-state index in [1.807, 2.05) is 30.3 Å². The summed E-state index contributed by atoms with van der Waals surface area (Å²) in [5.41, 5.74) is 1.36. The quantitative estimate of drug-likeness (QED) is 0.294. The zero-order valence-electron chi connectivity index (χ0n) is 14.2. The Hall–Kier alpha value is -2.94. The van der Waals surface area contributed by atoms with Gasteiger partial charge in [-0.05, 0) is 23.3 Å². The SMILES string of the molecule is O=C(NC(CBr)C(=O)OCc1ccc([N+](=O)[O-])cc1)OCc1ccccc1. The number of nitrogens with one attached hydrogen (secondary N) is 1. The van der Waals surface area contributed by atoms with Crippen LogP contribution >= 0.6 is 15.9 Å². The molecule has 9 heteroatoms. The molecule has 1 atom stereocenters. The molecule has 0 aliphatic carbocycles. The van der Waals surface area contributed by atoms with E-state index in [4.69, 9.17) is 9.47 Å². The highest BCUT2D eigenvalue weighted by Gasteiger charge is 2.22. The number of carbonyl (C=O) groups is 2. The largest absolute Gasteiger partial charge is 0.459 e. The highest BCUT2D eigenvalue weighted by atomic mass is 79.9. The smallest absolute Gasteiger partial charge is 0.408 e. The van der Waals surface area contributed by atoms with Crippen LogP contribution in [0.4, 0.5) is 10.5 Å². The predicted molar refractivity (Wildman–Crippen MR) is 100 cm³/mol. The Kier molecular flexibility index (Phi) is 7.75. The van der Waals surface area contributed by atoms with Crippen molar-refractivity contribution < 1.29 is 24.0 Å². The second-order valence-corrected chi connectivity index (χ2v) is 6.09. The molecule has 0 spiro atoms. The summed E-state index contributed by atoms with van der Waals surface area (Å²) in [5, 5.41) is 13.2. The van der Waals surface area contributed by atoms with Gasteiger partial charge in [0.05, 0.1) is 4.92 Å². The molecular formula is C18H17BrN2O6. The van der Waals surface area contributed by atoms with Gasteiger partial charge in [0.1, 0.15) is 19.3 Å². The molecule has 0 fully saturated rings. The average Bonchev–Trinajstić information content (AvgIpc) is 2.69. The van der Waals surface area contributed by atoms with Crippen molar-refractivity contribution in [3.63, 3.8) is 0 Å². The molecule has 2 rings (SSSR count). The number of amides is 1. The summed E-state index contributed by atoms with van der Waals surface area (Å²) < 4.78 is 10.2. The van der Waals surface area contributed by atoms with Crippen LogP contribution in [-0.2, 0) is 27.5 Å². The Labute approximate surface area is 163 Å². The van der Waals surface area contributed by atoms with E-state index in [0.29, 0.717) is 5.56 Å². The van der Waals surface area contributed by atoms with Gasteiger partial charge in [-0.25, -0.2) is 9.59 Å². The number of ether oxygens (including phenoxy) is 2. The molecule has 1 unspecified atom stereocenters. The van der Waals surface area contributed by atoms with E-state index in [2.05, 4.69) is 21.2 Å². The first-order valence-corrected chi connectivity index (χ1v) is 9.05. The molecule has 0 bridgehead atoms. The normalized spacial score (nSPS) is 11.3. The van der Waals surface area contributed by atoms with E-state index in [1.165, 1.54) is 24.3 Å². The standard InChI is InChI=1S/C18H17BrN2O6/c19-10-16(20-18(23)27-12-13-4-2-1-3-5-13)17(22)26-11-14-6-8-15(9-7-14)21(24)25/h1-9,16H,10-12H2,(H,20,23). The summed E-state index contributed by atoms with van der Waals surface area (Å²) in [6, 6.07) is 13.8. The van der Waals surface area contributed by atoms with Crippen LogP contribution in [0.1, 0.15) is 11.1 Å². The first-order valence-electron chi connectivity index (χ1n) is 7.92. The number of hydrogen-bond acceptors (Lipinski definition) is 6. The summed E-state index contributed by atoms with van der Waals surface area (Å²) in [5.74, 6) is -0.651. The number of esters is 1. The second-order valence-electron chi connectivity index (χ2n) is 5.44. The first kappa shape index (κ1) is 20.4. The Bertz CT molecular complexity index is 782. The van der Waals surface area contributed by atoms with Crippen LogP contribution in [0, 0.1) is 10.1 Å². The lowest BCUT2D eigenvalue weighted by Gasteiger charge is -2.15. The van der Waals surface area contributed by atoms with Crippen molar-refractivity contribution >= 4 is 33.7 Å². The van der Waals surface area contributed by atoms with Crippen molar-refractivity contribution in [2.45, 2.75) is 19.3 Å². The van der Waals surface area contributed by atoms with Gasteiger partial charge in [0.2, 0.25) is 0 Å². The van der Waals surface area contributed by atoms with Crippen LogP contribution in [-0.4, -0.2) is 28.4 Å². The molecule has 2 aromatic carbocycles. The maximum absolute atomic E-state index is 12.1. The number of hydrogen-bond donors (Lipinski definition) is 1. The number of nitro groups is 1. The van der Waals surface area contributed by atoms with Gasteiger partial charge in [-0.15, -0.1) is 0 Å². The average molecular weight is 437 g/mol. The maximum Gasteiger partial charge on any atom is 0.408 e. The number of nitro benzene ring substituents is 1. The fourth-order valence-corrected chi connectivity index (χ4v) is 2.46. The Morgan fingerprint density at radius 2 is 1.59 bits per heavy atom. The molecule has 1 N–H and O–H groups in total. The molecule has 1 amide bonds. The maximum atomic E-state index is 12.1. The number of alkyl halides is 1. The minimum Gasteiger partial charge on any atom is -0.459 e. The molecule has 0 aliphatic heterocycles. The van der Waals surface area contributed by atoms with E-state index in [1.54, 1.807) is 0 Å². The fraction of sp³-hybridized carbons (Fsp3) is 0.222. The fourth-order valence-electron chi connectivity index (χ4n) is 2.04. The highest BCUT2D eigenvalue weighted by molar-refractivity contribution is 9.09. The van der Waals surface area contributed by atoms with Crippen LogP contribution < -0.4 is 5.32 Å². The molecule has 0 aromatic heterocycles. The number of alkyl carbamates (subject to hydrolysis) is 1. The third-order valence-electron chi connectivity index (χ3n) is 3.47. The molecule has 0 saturated carbocycles. The van der Waals surface area contributed by atoms with Gasteiger partial charge in [-0.3, -0.25) is 10.1 Å². The number of halogens is 1. The molecule has 8 nitrogen and oxygen atoms in total. The van der Waals surface area contributed by atoms with Crippen molar-refractivity contribution in [3.05, 3.63) is 75.8 Å². The number of benzene rings is 2. The van der Waals surface area contributed by atoms with Crippen LogP contribution in [0.3, 0.4) is 0 Å². The topological polar surface area (TPSA) is 108 Å². The van der Waals surface area contributed by atoms with Gasteiger partial charge in [-0.2, -0.15) is 0 Å². The Morgan fingerprint density at radius 3 is 2.19 bits per heavy atom. The first-order chi connectivity index (χ1) is 13.0. The molecule has 142 valence electrons. The van der Waals surface area contributed by atoms with E-state index in [0.717, 1.165) is 5.56 Å². The van der Waals surface area contributed by atoms with Crippen molar-refractivity contribution in [1.29, 1.82) is 0 Å². The van der Waals surface area contributed by atoms with Gasteiger partial charge in [0.25, 0.3) is 5.69 Å². The van der Waals surface area contributed by atoms with Gasteiger partial charge in [0, 0.05) is 17.5 Å². The molecule has 0 aliphatic rings. The van der Waals surface area contributed by atoms with Crippen molar-refractivity contribution in [2.75, 3.05) is 5.33 Å². The Morgan fingerprint density at radius 1 is 1.00 bits per heavy atom. The van der Waals surface area contributed by atoms with Crippen LogP contribution in [0.15, 0.2) is 54.6 Å². The van der Waals surface area contributed by atoms with Crippen molar-refractivity contribution in [3.8, 4) is 0 Å². The summed E-state index contributed by atoms with van der Waals surface area (Å²) in [7, 11) is 0. The third-order valence-corrected chi connectivity index (χ3v) is 4.12. The summed E-state index contributed by atoms with van der Waals surface area (Å²) in [6.45, 7) is 0.0145. The Balaban J connectivity index is 1.80. The number of carbonyl (C=O) groups excluding carboxylic acids is 2. The van der Waals surface area contributed by atoms with Crippen LogP contribution in [0.2, 0.25) is 0 Å². The summed E-state index contributed by atoms with van der Waals surface area (Å²) in [6.07, 6.45) is -0.740. The summed E-state index contributed by atoms with van der Waals surface area (Å²) in [4.78, 5) is 34.0. The molecular weight excluding hydrogens is 420 g/mol. The number of non-ortho nitro benzene ring substituents is 1. The van der Waals surface area contributed by atoms with Gasteiger partial charge in [0.15, 0.2) is 0 Å². The van der Waals surface area contributed by atoms with E-state index < -0.39 is 23.0 Å². The van der Waals surface area contributed by atoms with Crippen molar-refractivity contribution in [1.82, 2.24) is 5.32 Å². The number of rotatable bonds is 8. The van der Waals surface area contributed by atoms with E-state index in [-0.39, 0.29) is 24.2 Å². The minimum atomic E-state index is -0.925.